The molecule has 0 saturated heterocycles. The molecule has 0 spiro atoms. The van der Waals surface area contributed by atoms with E-state index in [2.05, 4.69) is 42.0 Å². The largest absolute Gasteiger partial charge is 0.352 e. The van der Waals surface area contributed by atoms with E-state index in [1.807, 2.05) is 6.07 Å². The summed E-state index contributed by atoms with van der Waals surface area (Å²) in [6.07, 6.45) is 0. The average molecular weight is 319 g/mol. The Hall–Kier alpha value is -0.540. The topological polar surface area (TPSA) is 29.1 Å². The SMILES string of the molecule is CC(C)C(C)CNC(=O)c1cc(Br)ccc1Cl. The van der Waals surface area contributed by atoms with Gasteiger partial charge >= 0.3 is 0 Å². The summed E-state index contributed by atoms with van der Waals surface area (Å²) in [5, 5.41) is 3.38. The molecular weight excluding hydrogens is 302 g/mol. The van der Waals surface area contributed by atoms with Crippen LogP contribution in [0.4, 0.5) is 0 Å². The molecule has 1 rings (SSSR count). The molecule has 0 radical (unpaired) electrons. The van der Waals surface area contributed by atoms with E-state index in [4.69, 9.17) is 11.6 Å². The van der Waals surface area contributed by atoms with E-state index in [0.29, 0.717) is 29.0 Å². The zero-order valence-electron chi connectivity index (χ0n) is 10.3. The summed E-state index contributed by atoms with van der Waals surface area (Å²) in [6, 6.07) is 5.26. The van der Waals surface area contributed by atoms with Crippen LogP contribution in [0.3, 0.4) is 0 Å². The Labute approximate surface area is 116 Å². The minimum atomic E-state index is -0.121. The standard InChI is InChI=1S/C13H17BrClNO/c1-8(2)9(3)7-16-13(17)11-6-10(14)4-5-12(11)15/h4-6,8-9H,7H2,1-3H3,(H,16,17). The second kappa shape index (κ2) is 6.41. The summed E-state index contributed by atoms with van der Waals surface area (Å²) in [7, 11) is 0. The summed E-state index contributed by atoms with van der Waals surface area (Å²) >= 11 is 9.32. The number of halogens is 2. The van der Waals surface area contributed by atoms with Gasteiger partial charge in [-0.1, -0.05) is 48.3 Å². The zero-order valence-corrected chi connectivity index (χ0v) is 12.6. The molecule has 94 valence electrons. The molecule has 0 aromatic heterocycles. The fourth-order valence-corrected chi connectivity index (χ4v) is 1.82. The maximum absolute atomic E-state index is 11.9. The second-order valence-corrected chi connectivity index (χ2v) is 5.88. The summed E-state index contributed by atoms with van der Waals surface area (Å²) in [5.41, 5.74) is 0.511. The molecule has 2 nitrogen and oxygen atoms in total. The number of amides is 1. The molecule has 1 aromatic rings. The smallest absolute Gasteiger partial charge is 0.252 e. The van der Waals surface area contributed by atoms with Gasteiger partial charge in [-0.2, -0.15) is 0 Å². The minimum absolute atomic E-state index is 0.121. The van der Waals surface area contributed by atoms with Crippen LogP contribution >= 0.6 is 27.5 Å². The van der Waals surface area contributed by atoms with E-state index < -0.39 is 0 Å². The fourth-order valence-electron chi connectivity index (χ4n) is 1.26. The minimum Gasteiger partial charge on any atom is -0.352 e. The van der Waals surface area contributed by atoms with Gasteiger partial charge in [0.1, 0.15) is 0 Å². The molecule has 1 atom stereocenters. The lowest BCUT2D eigenvalue weighted by molar-refractivity contribution is 0.0945. The number of carbonyl (C=O) groups excluding carboxylic acids is 1. The first-order chi connectivity index (χ1) is 7.91. The molecule has 0 heterocycles. The molecule has 1 aromatic carbocycles. The molecule has 0 aliphatic carbocycles. The lowest BCUT2D eigenvalue weighted by Crippen LogP contribution is -2.30. The number of hydrogen-bond donors (Lipinski definition) is 1. The molecule has 1 unspecified atom stereocenters. The normalized spacial score (nSPS) is 12.6. The Bertz CT molecular complexity index is 406. The van der Waals surface area contributed by atoms with Crippen LogP contribution in [0, 0.1) is 11.8 Å². The fraction of sp³-hybridized carbons (Fsp3) is 0.462. The van der Waals surface area contributed by atoms with Crippen LogP contribution in [0.5, 0.6) is 0 Å². The van der Waals surface area contributed by atoms with Crippen molar-refractivity contribution in [3.05, 3.63) is 33.3 Å². The summed E-state index contributed by atoms with van der Waals surface area (Å²) in [4.78, 5) is 11.9. The van der Waals surface area contributed by atoms with Crippen LogP contribution in [0.15, 0.2) is 22.7 Å². The van der Waals surface area contributed by atoms with Gasteiger partial charge in [-0.05, 0) is 30.0 Å². The van der Waals surface area contributed by atoms with Gasteiger partial charge in [0.2, 0.25) is 0 Å². The van der Waals surface area contributed by atoms with Crippen LogP contribution in [0.2, 0.25) is 5.02 Å². The van der Waals surface area contributed by atoms with Gasteiger partial charge in [0, 0.05) is 11.0 Å². The number of nitrogens with one attached hydrogen (secondary N) is 1. The highest BCUT2D eigenvalue weighted by Gasteiger charge is 2.13. The van der Waals surface area contributed by atoms with Crippen molar-refractivity contribution in [3.63, 3.8) is 0 Å². The maximum Gasteiger partial charge on any atom is 0.252 e. The van der Waals surface area contributed by atoms with Gasteiger partial charge in [-0.25, -0.2) is 0 Å². The van der Waals surface area contributed by atoms with Gasteiger partial charge in [0.25, 0.3) is 5.91 Å². The average Bonchev–Trinajstić information content (AvgIpc) is 2.28. The van der Waals surface area contributed by atoms with Crippen molar-refractivity contribution in [3.8, 4) is 0 Å². The molecule has 1 N–H and O–H groups in total. The van der Waals surface area contributed by atoms with Gasteiger partial charge in [0.15, 0.2) is 0 Å². The van der Waals surface area contributed by atoms with Crippen molar-refractivity contribution in [2.75, 3.05) is 6.54 Å². The van der Waals surface area contributed by atoms with Gasteiger partial charge in [-0.15, -0.1) is 0 Å². The first-order valence-electron chi connectivity index (χ1n) is 5.65. The van der Waals surface area contributed by atoms with Crippen molar-refractivity contribution in [2.45, 2.75) is 20.8 Å². The monoisotopic (exact) mass is 317 g/mol. The first-order valence-corrected chi connectivity index (χ1v) is 6.82. The second-order valence-electron chi connectivity index (χ2n) is 4.56. The predicted octanol–water partition coefficient (Wildman–Crippen LogP) is 4.12. The molecule has 17 heavy (non-hydrogen) atoms. The van der Waals surface area contributed by atoms with E-state index in [1.54, 1.807) is 12.1 Å². The predicted molar refractivity (Wildman–Crippen MR) is 75.5 cm³/mol. The third-order valence-corrected chi connectivity index (χ3v) is 3.72. The van der Waals surface area contributed by atoms with Crippen molar-refractivity contribution in [1.29, 1.82) is 0 Å². The van der Waals surface area contributed by atoms with Crippen LogP contribution in [-0.2, 0) is 0 Å². The number of rotatable bonds is 4. The van der Waals surface area contributed by atoms with E-state index in [0.717, 1.165) is 4.47 Å². The Morgan fingerprint density at radius 1 is 1.41 bits per heavy atom. The Morgan fingerprint density at radius 3 is 2.65 bits per heavy atom. The molecule has 0 fully saturated rings. The zero-order chi connectivity index (χ0) is 13.0. The molecular formula is C13H17BrClNO. The van der Waals surface area contributed by atoms with Crippen molar-refractivity contribution < 1.29 is 4.79 Å². The Balaban J connectivity index is 2.67. The molecule has 0 aliphatic heterocycles. The van der Waals surface area contributed by atoms with Crippen LogP contribution in [-0.4, -0.2) is 12.5 Å². The van der Waals surface area contributed by atoms with Gasteiger partial charge < -0.3 is 5.32 Å². The van der Waals surface area contributed by atoms with E-state index in [-0.39, 0.29) is 5.91 Å². The molecule has 0 aliphatic rings. The summed E-state index contributed by atoms with van der Waals surface area (Å²) in [6.45, 7) is 7.07. The molecule has 4 heteroatoms. The highest BCUT2D eigenvalue weighted by atomic mass is 79.9. The Kier molecular flexibility index (Phi) is 5.47. The van der Waals surface area contributed by atoms with Crippen molar-refractivity contribution in [2.24, 2.45) is 11.8 Å². The van der Waals surface area contributed by atoms with E-state index in [1.165, 1.54) is 0 Å². The van der Waals surface area contributed by atoms with Crippen LogP contribution < -0.4 is 5.32 Å². The summed E-state index contributed by atoms with van der Waals surface area (Å²) < 4.78 is 0.851. The van der Waals surface area contributed by atoms with Gasteiger partial charge in [0.05, 0.1) is 10.6 Å². The molecule has 0 saturated carbocycles. The molecule has 0 bridgehead atoms. The summed E-state index contributed by atoms with van der Waals surface area (Å²) in [5.74, 6) is 0.877. The van der Waals surface area contributed by atoms with Crippen LogP contribution in [0.1, 0.15) is 31.1 Å². The number of benzene rings is 1. The molecule has 1 amide bonds. The van der Waals surface area contributed by atoms with E-state index in [9.17, 15) is 4.79 Å². The van der Waals surface area contributed by atoms with Crippen molar-refractivity contribution in [1.82, 2.24) is 5.32 Å². The first kappa shape index (κ1) is 14.5. The quantitative estimate of drug-likeness (QED) is 0.889. The third-order valence-electron chi connectivity index (χ3n) is 2.90. The number of hydrogen-bond acceptors (Lipinski definition) is 1. The number of carbonyl (C=O) groups is 1. The van der Waals surface area contributed by atoms with Gasteiger partial charge in [-0.3, -0.25) is 4.79 Å². The maximum atomic E-state index is 11.9. The van der Waals surface area contributed by atoms with E-state index >= 15 is 0 Å². The lowest BCUT2D eigenvalue weighted by Gasteiger charge is -2.16. The Morgan fingerprint density at radius 2 is 2.06 bits per heavy atom. The van der Waals surface area contributed by atoms with Crippen molar-refractivity contribution >= 4 is 33.4 Å². The van der Waals surface area contributed by atoms with Crippen LogP contribution in [0.25, 0.3) is 0 Å². The highest BCUT2D eigenvalue weighted by Crippen LogP contribution is 2.21. The third kappa shape index (κ3) is 4.32. The highest BCUT2D eigenvalue weighted by molar-refractivity contribution is 9.10. The lowest BCUT2D eigenvalue weighted by atomic mass is 9.98.